The van der Waals surface area contributed by atoms with Gasteiger partial charge in [0.05, 0.1) is 19.4 Å². The first kappa shape index (κ1) is 28.0. The summed E-state index contributed by atoms with van der Waals surface area (Å²) in [5.41, 5.74) is 1.95. The first-order valence-corrected chi connectivity index (χ1v) is 13.1. The predicted molar refractivity (Wildman–Crippen MR) is 151 cm³/mol. The van der Waals surface area contributed by atoms with Crippen LogP contribution in [0.25, 0.3) is 6.08 Å². The van der Waals surface area contributed by atoms with Crippen molar-refractivity contribution in [1.29, 1.82) is 0 Å². The van der Waals surface area contributed by atoms with E-state index in [-0.39, 0.29) is 5.70 Å². The van der Waals surface area contributed by atoms with Crippen molar-refractivity contribution in [3.8, 4) is 17.2 Å². The van der Waals surface area contributed by atoms with Crippen LogP contribution in [0.5, 0.6) is 17.2 Å². The lowest BCUT2D eigenvalue weighted by Crippen LogP contribution is -2.38. The van der Waals surface area contributed by atoms with Crippen LogP contribution in [0.2, 0.25) is 5.02 Å². The highest BCUT2D eigenvalue weighted by Gasteiger charge is 2.35. The summed E-state index contributed by atoms with van der Waals surface area (Å²) in [6.45, 7) is 2.06. The summed E-state index contributed by atoms with van der Waals surface area (Å²) >= 11 is 9.46. The summed E-state index contributed by atoms with van der Waals surface area (Å²) in [5, 5.41) is 5.82. The van der Waals surface area contributed by atoms with Crippen LogP contribution < -0.4 is 24.8 Å². The fourth-order valence-electron chi connectivity index (χ4n) is 3.74. The number of nitrogens with zero attached hydrogens (tertiary/aromatic N) is 1. The number of hydrogen-bond acceptors (Lipinski definition) is 6. The number of rotatable bonds is 10. The number of carbonyl (C=O) groups excluding carboxylic acids is 3. The summed E-state index contributed by atoms with van der Waals surface area (Å²) in [4.78, 5) is 38.9. The number of nitrogens with one attached hydrogen (secondary N) is 2. The lowest BCUT2D eigenvalue weighted by molar-refractivity contribution is -0.127. The fraction of sp³-hybridized carbons (Fsp3) is 0.179. The van der Waals surface area contributed by atoms with Crippen LogP contribution >= 0.6 is 27.5 Å². The molecule has 0 unspecified atom stereocenters. The Morgan fingerprint density at radius 2 is 1.77 bits per heavy atom. The van der Waals surface area contributed by atoms with Crippen LogP contribution in [0.1, 0.15) is 18.1 Å². The van der Waals surface area contributed by atoms with Crippen molar-refractivity contribution in [3.63, 3.8) is 0 Å². The van der Waals surface area contributed by atoms with Gasteiger partial charge in [0.2, 0.25) is 5.91 Å². The van der Waals surface area contributed by atoms with Crippen molar-refractivity contribution < 1.29 is 28.6 Å². The van der Waals surface area contributed by atoms with Gasteiger partial charge in [0.25, 0.3) is 5.91 Å². The van der Waals surface area contributed by atoms with E-state index in [0.29, 0.717) is 51.2 Å². The maximum Gasteiger partial charge on any atom is 0.329 e. The molecular weight excluding hydrogens is 590 g/mol. The second-order valence-electron chi connectivity index (χ2n) is 8.30. The van der Waals surface area contributed by atoms with E-state index in [2.05, 4.69) is 26.6 Å². The number of para-hydroxylation sites is 2. The number of benzene rings is 3. The smallest absolute Gasteiger partial charge is 0.329 e. The van der Waals surface area contributed by atoms with E-state index in [1.807, 2.05) is 19.1 Å². The molecule has 1 aliphatic heterocycles. The topological polar surface area (TPSA) is 106 Å². The Kier molecular flexibility index (Phi) is 9.11. The minimum absolute atomic E-state index is 0.0167. The van der Waals surface area contributed by atoms with Crippen molar-refractivity contribution in [2.24, 2.45) is 0 Å². The molecule has 0 spiro atoms. The summed E-state index contributed by atoms with van der Waals surface area (Å²) in [7, 11) is 1.48. The number of urea groups is 1. The van der Waals surface area contributed by atoms with Gasteiger partial charge in [-0.05, 0) is 60.5 Å². The number of methoxy groups -OCH3 is 1. The fourth-order valence-corrected chi connectivity index (χ4v) is 4.30. The van der Waals surface area contributed by atoms with Crippen LogP contribution in [0, 0.1) is 0 Å². The minimum atomic E-state index is -0.703. The van der Waals surface area contributed by atoms with Crippen LogP contribution in [-0.2, 0) is 16.2 Å². The second-order valence-corrected chi connectivity index (χ2v) is 9.59. The van der Waals surface area contributed by atoms with E-state index in [4.69, 9.17) is 25.8 Å². The Hall–Kier alpha value is -4.02. The van der Waals surface area contributed by atoms with Crippen LogP contribution in [0.4, 0.5) is 10.5 Å². The highest BCUT2D eigenvalue weighted by molar-refractivity contribution is 9.10. The molecule has 4 amide bonds. The van der Waals surface area contributed by atoms with Gasteiger partial charge in [0, 0.05) is 9.50 Å². The standard InChI is InChI=1S/C28H25BrClN3O6/c1-3-38-24-13-18(20(29)14-25(24)39-16-17-8-10-19(30)11-9-17)12-22-27(35)33(28(36)32-22)15-26(34)31-21-6-4-5-7-23(21)37-2/h4-14H,3,15-16H2,1-2H3,(H,31,34)(H,32,36)/b22-12+. The number of halogens is 2. The monoisotopic (exact) mass is 613 g/mol. The van der Waals surface area contributed by atoms with Gasteiger partial charge in [-0.25, -0.2) is 9.69 Å². The zero-order valence-electron chi connectivity index (χ0n) is 21.1. The third kappa shape index (κ3) is 6.90. The van der Waals surface area contributed by atoms with Crippen LogP contribution in [-0.4, -0.2) is 43.0 Å². The molecule has 39 heavy (non-hydrogen) atoms. The third-order valence-corrected chi connectivity index (χ3v) is 6.55. The number of carbonyl (C=O) groups is 3. The lowest BCUT2D eigenvalue weighted by Gasteiger charge is -2.14. The Balaban J connectivity index is 1.49. The molecule has 3 aromatic carbocycles. The van der Waals surface area contributed by atoms with E-state index < -0.39 is 24.4 Å². The number of ether oxygens (including phenoxy) is 3. The normalized spacial score (nSPS) is 13.8. The van der Waals surface area contributed by atoms with Crippen molar-refractivity contribution >= 4 is 57.1 Å². The third-order valence-electron chi connectivity index (χ3n) is 5.62. The predicted octanol–water partition coefficient (Wildman–Crippen LogP) is 5.62. The highest BCUT2D eigenvalue weighted by Crippen LogP contribution is 2.36. The van der Waals surface area contributed by atoms with Crippen molar-refractivity contribution in [1.82, 2.24) is 10.2 Å². The molecule has 1 fully saturated rings. The molecule has 2 N–H and O–H groups in total. The first-order valence-electron chi connectivity index (χ1n) is 11.9. The maximum atomic E-state index is 13.0. The number of anilines is 1. The van der Waals surface area contributed by atoms with Gasteiger partial charge in [-0.2, -0.15) is 0 Å². The summed E-state index contributed by atoms with van der Waals surface area (Å²) in [5.74, 6) is 0.233. The van der Waals surface area contributed by atoms with Gasteiger partial charge in [-0.15, -0.1) is 0 Å². The molecule has 0 atom stereocenters. The first-order chi connectivity index (χ1) is 18.8. The molecule has 0 aliphatic carbocycles. The molecule has 0 bridgehead atoms. The van der Waals surface area contributed by atoms with Gasteiger partial charge in [-0.3, -0.25) is 9.59 Å². The lowest BCUT2D eigenvalue weighted by atomic mass is 10.1. The van der Waals surface area contributed by atoms with Gasteiger partial charge in [0.15, 0.2) is 11.5 Å². The van der Waals surface area contributed by atoms with Crippen LogP contribution in [0.15, 0.2) is 70.8 Å². The Morgan fingerprint density at radius 3 is 2.49 bits per heavy atom. The summed E-state index contributed by atoms with van der Waals surface area (Å²) in [6.07, 6.45) is 1.51. The highest BCUT2D eigenvalue weighted by atomic mass is 79.9. The molecule has 3 aromatic rings. The largest absolute Gasteiger partial charge is 0.495 e. The molecule has 1 saturated heterocycles. The maximum absolute atomic E-state index is 13.0. The minimum Gasteiger partial charge on any atom is -0.495 e. The Labute approximate surface area is 238 Å². The van der Waals surface area contributed by atoms with E-state index in [0.717, 1.165) is 10.5 Å². The van der Waals surface area contributed by atoms with Gasteiger partial charge in [0.1, 0.15) is 24.6 Å². The molecule has 1 aliphatic rings. The second kappa shape index (κ2) is 12.7. The molecule has 11 heteroatoms. The molecule has 0 aromatic heterocycles. The zero-order valence-corrected chi connectivity index (χ0v) is 23.5. The van der Waals surface area contributed by atoms with Gasteiger partial charge in [-0.1, -0.05) is 51.8 Å². The molecule has 0 saturated carbocycles. The SMILES string of the molecule is CCOc1cc(/C=C2/NC(=O)N(CC(=O)Nc3ccccc3OC)C2=O)c(Br)cc1OCc1ccc(Cl)cc1. The molecule has 1 heterocycles. The van der Waals surface area contributed by atoms with E-state index >= 15 is 0 Å². The molecule has 4 rings (SSSR count). The van der Waals surface area contributed by atoms with Crippen molar-refractivity contribution in [2.45, 2.75) is 13.5 Å². The summed E-state index contributed by atoms with van der Waals surface area (Å²) in [6, 6.07) is 16.9. The molecule has 202 valence electrons. The average molecular weight is 615 g/mol. The number of amides is 4. The number of hydrogen-bond donors (Lipinski definition) is 2. The van der Waals surface area contributed by atoms with Crippen molar-refractivity contribution in [2.75, 3.05) is 25.6 Å². The molecular formula is C28H25BrClN3O6. The number of imide groups is 1. The molecule has 9 nitrogen and oxygen atoms in total. The van der Waals surface area contributed by atoms with Gasteiger partial charge >= 0.3 is 6.03 Å². The van der Waals surface area contributed by atoms with E-state index in [9.17, 15) is 14.4 Å². The molecule has 0 radical (unpaired) electrons. The summed E-state index contributed by atoms with van der Waals surface area (Å²) < 4.78 is 17.6. The van der Waals surface area contributed by atoms with Gasteiger partial charge < -0.3 is 24.8 Å². The Bertz CT molecular complexity index is 1430. The van der Waals surface area contributed by atoms with E-state index in [1.165, 1.54) is 13.2 Å². The van der Waals surface area contributed by atoms with Crippen molar-refractivity contribution in [3.05, 3.63) is 87.0 Å². The average Bonchev–Trinajstić information content (AvgIpc) is 3.18. The zero-order chi connectivity index (χ0) is 27.9. The van der Waals surface area contributed by atoms with E-state index in [1.54, 1.807) is 48.5 Å². The quantitative estimate of drug-likeness (QED) is 0.227. The Morgan fingerprint density at radius 1 is 1.05 bits per heavy atom. The van der Waals surface area contributed by atoms with Crippen LogP contribution in [0.3, 0.4) is 0 Å².